The van der Waals surface area contributed by atoms with Gasteiger partial charge in [0.15, 0.2) is 0 Å². The topological polar surface area (TPSA) is 61.3 Å². The zero-order valence-electron chi connectivity index (χ0n) is 7.86. The molecule has 0 amide bonds. The number of hydrogen-bond donors (Lipinski definition) is 3. The van der Waals surface area contributed by atoms with Crippen LogP contribution in [0.2, 0.25) is 0 Å². The van der Waals surface area contributed by atoms with E-state index in [0.717, 1.165) is 4.90 Å². The van der Waals surface area contributed by atoms with Crippen LogP contribution in [-0.2, 0) is 10.2 Å². The van der Waals surface area contributed by atoms with Crippen LogP contribution in [-0.4, -0.2) is 19.8 Å². The molecule has 1 aromatic rings. The maximum absolute atomic E-state index is 5.75. The second kappa shape index (κ2) is 3.46. The third-order valence-corrected chi connectivity index (χ3v) is 3.18. The van der Waals surface area contributed by atoms with Crippen LogP contribution in [0.1, 0.15) is 5.56 Å². The lowest BCUT2D eigenvalue weighted by molar-refractivity contribution is -0.0551. The summed E-state index contributed by atoms with van der Waals surface area (Å²) >= 11 is 4.29. The van der Waals surface area contributed by atoms with Crippen LogP contribution in [0.5, 0.6) is 0 Å². The molecule has 1 aliphatic rings. The molecule has 1 aromatic carbocycles. The SMILES string of the molecule is NCC1(c2ccc(N)c(S)c2)COC1. The van der Waals surface area contributed by atoms with Gasteiger partial charge in [0.05, 0.1) is 18.6 Å². The van der Waals surface area contributed by atoms with Crippen LogP contribution in [0, 0.1) is 0 Å². The van der Waals surface area contributed by atoms with Crippen molar-refractivity contribution in [2.45, 2.75) is 10.3 Å². The summed E-state index contributed by atoms with van der Waals surface area (Å²) in [5.41, 5.74) is 13.3. The Kier molecular flexibility index (Phi) is 2.43. The Balaban J connectivity index is 2.36. The summed E-state index contributed by atoms with van der Waals surface area (Å²) in [6, 6.07) is 5.85. The third kappa shape index (κ3) is 1.39. The first-order valence-electron chi connectivity index (χ1n) is 4.55. The normalized spacial score (nSPS) is 19.0. The lowest BCUT2D eigenvalue weighted by atomic mass is 9.79. The van der Waals surface area contributed by atoms with E-state index in [-0.39, 0.29) is 5.41 Å². The molecule has 4 N–H and O–H groups in total. The summed E-state index contributed by atoms with van der Waals surface area (Å²) in [6.07, 6.45) is 0. The molecule has 1 heterocycles. The Morgan fingerprint density at radius 3 is 2.57 bits per heavy atom. The van der Waals surface area contributed by atoms with Gasteiger partial charge >= 0.3 is 0 Å². The quantitative estimate of drug-likeness (QED) is 0.499. The van der Waals surface area contributed by atoms with Gasteiger partial charge in [0.25, 0.3) is 0 Å². The molecule has 1 aliphatic heterocycles. The zero-order chi connectivity index (χ0) is 10.2. The van der Waals surface area contributed by atoms with Crippen LogP contribution in [0.3, 0.4) is 0 Å². The van der Waals surface area contributed by atoms with Crippen molar-refractivity contribution in [3.05, 3.63) is 23.8 Å². The van der Waals surface area contributed by atoms with Gasteiger partial charge < -0.3 is 16.2 Å². The van der Waals surface area contributed by atoms with Crippen LogP contribution < -0.4 is 11.5 Å². The average molecular weight is 210 g/mol. The van der Waals surface area contributed by atoms with Gasteiger partial charge in [0.2, 0.25) is 0 Å². The molecule has 76 valence electrons. The van der Waals surface area contributed by atoms with Crippen molar-refractivity contribution in [3.63, 3.8) is 0 Å². The minimum Gasteiger partial charge on any atom is -0.398 e. The number of nitrogen functional groups attached to an aromatic ring is 1. The summed E-state index contributed by atoms with van der Waals surface area (Å²) in [5, 5.41) is 0. The fourth-order valence-electron chi connectivity index (χ4n) is 1.62. The van der Waals surface area contributed by atoms with Crippen molar-refractivity contribution >= 4 is 18.3 Å². The Bertz CT molecular complexity index is 344. The highest BCUT2D eigenvalue weighted by Gasteiger charge is 2.39. The monoisotopic (exact) mass is 210 g/mol. The first-order chi connectivity index (χ1) is 6.68. The van der Waals surface area contributed by atoms with Gasteiger partial charge in [0.1, 0.15) is 0 Å². The van der Waals surface area contributed by atoms with E-state index >= 15 is 0 Å². The summed E-state index contributed by atoms with van der Waals surface area (Å²) in [4.78, 5) is 0.808. The molecule has 0 bridgehead atoms. The number of hydrogen-bond acceptors (Lipinski definition) is 4. The van der Waals surface area contributed by atoms with Crippen LogP contribution >= 0.6 is 12.6 Å². The van der Waals surface area contributed by atoms with Gasteiger partial charge in [0, 0.05) is 17.1 Å². The average Bonchev–Trinajstić information content (AvgIpc) is 2.10. The number of ether oxygens (including phenoxy) is 1. The van der Waals surface area contributed by atoms with Crippen molar-refractivity contribution in [1.29, 1.82) is 0 Å². The van der Waals surface area contributed by atoms with E-state index in [4.69, 9.17) is 16.2 Å². The fourth-order valence-corrected chi connectivity index (χ4v) is 1.84. The van der Waals surface area contributed by atoms with E-state index in [0.29, 0.717) is 25.4 Å². The highest BCUT2D eigenvalue weighted by atomic mass is 32.1. The molecule has 1 saturated heterocycles. The lowest BCUT2D eigenvalue weighted by Gasteiger charge is -2.41. The minimum absolute atomic E-state index is 0.00875. The molecule has 4 heteroatoms. The summed E-state index contributed by atoms with van der Waals surface area (Å²) in [6.45, 7) is 1.99. The molecule has 0 spiro atoms. The molecule has 3 nitrogen and oxygen atoms in total. The second-order valence-electron chi connectivity index (χ2n) is 3.75. The maximum Gasteiger partial charge on any atom is 0.0597 e. The van der Waals surface area contributed by atoms with Crippen molar-refractivity contribution in [2.24, 2.45) is 5.73 Å². The smallest absolute Gasteiger partial charge is 0.0597 e. The number of benzene rings is 1. The van der Waals surface area contributed by atoms with Crippen LogP contribution in [0.25, 0.3) is 0 Å². The van der Waals surface area contributed by atoms with E-state index in [1.807, 2.05) is 18.2 Å². The van der Waals surface area contributed by atoms with E-state index < -0.39 is 0 Å². The molecule has 0 saturated carbocycles. The van der Waals surface area contributed by atoms with E-state index in [9.17, 15) is 0 Å². The number of rotatable bonds is 2. The number of anilines is 1. The molecule has 0 radical (unpaired) electrons. The molecule has 0 aromatic heterocycles. The van der Waals surface area contributed by atoms with Gasteiger partial charge in [-0.1, -0.05) is 6.07 Å². The van der Waals surface area contributed by atoms with E-state index in [2.05, 4.69) is 12.6 Å². The number of nitrogens with two attached hydrogens (primary N) is 2. The fraction of sp³-hybridized carbons (Fsp3) is 0.400. The van der Waals surface area contributed by atoms with E-state index in [1.54, 1.807) is 0 Å². The molecular weight excluding hydrogens is 196 g/mol. The molecule has 0 unspecified atom stereocenters. The van der Waals surface area contributed by atoms with E-state index in [1.165, 1.54) is 5.56 Å². The van der Waals surface area contributed by atoms with Crippen molar-refractivity contribution in [3.8, 4) is 0 Å². The largest absolute Gasteiger partial charge is 0.398 e. The first kappa shape index (κ1) is 9.83. The van der Waals surface area contributed by atoms with Crippen molar-refractivity contribution < 1.29 is 4.74 Å². The zero-order valence-corrected chi connectivity index (χ0v) is 8.76. The van der Waals surface area contributed by atoms with Crippen LogP contribution in [0.4, 0.5) is 5.69 Å². The second-order valence-corrected chi connectivity index (χ2v) is 4.23. The maximum atomic E-state index is 5.75. The first-order valence-corrected chi connectivity index (χ1v) is 4.99. The number of thiol groups is 1. The molecule has 1 fully saturated rings. The Morgan fingerprint density at radius 2 is 2.14 bits per heavy atom. The Hall–Kier alpha value is -0.710. The summed E-state index contributed by atoms with van der Waals surface area (Å²) in [7, 11) is 0. The van der Waals surface area contributed by atoms with Gasteiger partial charge in [-0.2, -0.15) is 0 Å². The Morgan fingerprint density at radius 1 is 1.43 bits per heavy atom. The molecule has 2 rings (SSSR count). The highest BCUT2D eigenvalue weighted by Crippen LogP contribution is 2.33. The lowest BCUT2D eigenvalue weighted by Crippen LogP contribution is -2.52. The molecule has 14 heavy (non-hydrogen) atoms. The summed E-state index contributed by atoms with van der Waals surface area (Å²) < 4.78 is 5.22. The predicted molar refractivity (Wildman–Crippen MR) is 59.7 cm³/mol. The highest BCUT2D eigenvalue weighted by molar-refractivity contribution is 7.80. The van der Waals surface area contributed by atoms with Gasteiger partial charge in [-0.15, -0.1) is 12.6 Å². The molecular formula is C10H14N2OS. The molecule has 0 atom stereocenters. The van der Waals surface area contributed by atoms with Gasteiger partial charge in [-0.3, -0.25) is 0 Å². The standard InChI is InChI=1S/C10H14N2OS/c11-4-10(5-13-6-10)7-1-2-8(12)9(14)3-7/h1-3,14H,4-6,11-12H2. The predicted octanol–water partition coefficient (Wildman–Crippen LogP) is 0.784. The Labute approximate surface area is 88.8 Å². The third-order valence-electron chi connectivity index (χ3n) is 2.79. The van der Waals surface area contributed by atoms with Gasteiger partial charge in [-0.05, 0) is 17.7 Å². The van der Waals surface area contributed by atoms with Crippen molar-refractivity contribution in [1.82, 2.24) is 0 Å². The van der Waals surface area contributed by atoms with Crippen molar-refractivity contribution in [2.75, 3.05) is 25.5 Å². The van der Waals surface area contributed by atoms with Gasteiger partial charge in [-0.25, -0.2) is 0 Å². The minimum atomic E-state index is -0.00875. The van der Waals surface area contributed by atoms with Crippen LogP contribution in [0.15, 0.2) is 23.1 Å². The summed E-state index contributed by atoms with van der Waals surface area (Å²) in [5.74, 6) is 0. The molecule has 0 aliphatic carbocycles.